The lowest BCUT2D eigenvalue weighted by molar-refractivity contribution is 0.548. The van der Waals surface area contributed by atoms with Crippen LogP contribution in [0.2, 0.25) is 10.0 Å². The smallest absolute Gasteiger partial charge is 0.0595 e. The predicted octanol–water partition coefficient (Wildman–Crippen LogP) is 4.09. The molecule has 0 aliphatic carbocycles. The maximum atomic E-state index is 5.97. The van der Waals surface area contributed by atoms with E-state index < -0.39 is 0 Å². The van der Waals surface area contributed by atoms with E-state index >= 15 is 0 Å². The molecular weight excluding hydrogens is 229 g/mol. The summed E-state index contributed by atoms with van der Waals surface area (Å²) in [5.74, 6) is 0.446. The van der Waals surface area contributed by atoms with Crippen LogP contribution in [0.15, 0.2) is 18.2 Å². The van der Waals surface area contributed by atoms with Crippen LogP contribution in [0, 0.1) is 0 Å². The minimum absolute atomic E-state index is 0.446. The topological polar surface area (TPSA) is 12.0 Å². The van der Waals surface area contributed by atoms with E-state index in [-0.39, 0.29) is 0 Å². The third-order valence-electron chi connectivity index (χ3n) is 2.34. The standard InChI is InChI=1S/C12H17Cl2N/c1-8(2)15-7-9(3)10-4-5-11(13)12(14)6-10/h4-6,8-9,15H,7H2,1-3H3. The van der Waals surface area contributed by atoms with Gasteiger partial charge in [0.2, 0.25) is 0 Å². The molecule has 0 heterocycles. The highest BCUT2D eigenvalue weighted by Gasteiger charge is 2.07. The Morgan fingerprint density at radius 1 is 1.13 bits per heavy atom. The Balaban J connectivity index is 2.65. The van der Waals surface area contributed by atoms with Gasteiger partial charge >= 0.3 is 0 Å². The molecule has 0 aliphatic rings. The fraction of sp³-hybridized carbons (Fsp3) is 0.500. The van der Waals surface area contributed by atoms with Gasteiger partial charge in [0.15, 0.2) is 0 Å². The summed E-state index contributed by atoms with van der Waals surface area (Å²) < 4.78 is 0. The first kappa shape index (κ1) is 12.8. The van der Waals surface area contributed by atoms with Gasteiger partial charge in [-0.2, -0.15) is 0 Å². The molecule has 0 amide bonds. The Labute approximate surface area is 102 Å². The van der Waals surface area contributed by atoms with Crippen LogP contribution in [-0.4, -0.2) is 12.6 Å². The summed E-state index contributed by atoms with van der Waals surface area (Å²) in [4.78, 5) is 0. The van der Waals surface area contributed by atoms with Crippen molar-refractivity contribution in [3.8, 4) is 0 Å². The molecule has 0 bridgehead atoms. The summed E-state index contributed by atoms with van der Waals surface area (Å²) >= 11 is 11.8. The number of halogens is 2. The number of hydrogen-bond donors (Lipinski definition) is 1. The molecule has 1 rings (SSSR count). The largest absolute Gasteiger partial charge is 0.314 e. The average molecular weight is 246 g/mol. The zero-order valence-corrected chi connectivity index (χ0v) is 10.9. The van der Waals surface area contributed by atoms with Crippen LogP contribution in [0.4, 0.5) is 0 Å². The molecule has 0 spiro atoms. The van der Waals surface area contributed by atoms with E-state index in [1.165, 1.54) is 5.56 Å². The maximum absolute atomic E-state index is 5.97. The number of nitrogens with one attached hydrogen (secondary N) is 1. The second-order valence-electron chi connectivity index (χ2n) is 4.14. The van der Waals surface area contributed by atoms with E-state index in [0.717, 1.165) is 6.54 Å². The summed E-state index contributed by atoms with van der Waals surface area (Å²) in [6.07, 6.45) is 0. The van der Waals surface area contributed by atoms with Crippen LogP contribution < -0.4 is 5.32 Å². The molecule has 1 atom stereocenters. The van der Waals surface area contributed by atoms with E-state index in [1.807, 2.05) is 18.2 Å². The molecule has 1 N–H and O–H groups in total. The molecular formula is C12H17Cl2N. The average Bonchev–Trinajstić information content (AvgIpc) is 2.18. The lowest BCUT2D eigenvalue weighted by atomic mass is 10.0. The van der Waals surface area contributed by atoms with Gasteiger partial charge in [0.05, 0.1) is 10.0 Å². The van der Waals surface area contributed by atoms with Gasteiger partial charge in [0, 0.05) is 12.6 Å². The molecule has 0 saturated carbocycles. The van der Waals surface area contributed by atoms with Crippen LogP contribution in [0.1, 0.15) is 32.3 Å². The Morgan fingerprint density at radius 2 is 1.80 bits per heavy atom. The van der Waals surface area contributed by atoms with E-state index in [2.05, 4.69) is 26.1 Å². The monoisotopic (exact) mass is 245 g/mol. The minimum atomic E-state index is 0.446. The molecule has 1 aromatic rings. The van der Waals surface area contributed by atoms with Gasteiger partial charge in [-0.3, -0.25) is 0 Å². The molecule has 15 heavy (non-hydrogen) atoms. The Hall–Kier alpha value is -0.240. The molecule has 84 valence electrons. The fourth-order valence-corrected chi connectivity index (χ4v) is 1.66. The molecule has 0 aromatic heterocycles. The van der Waals surface area contributed by atoms with Gasteiger partial charge in [0.25, 0.3) is 0 Å². The van der Waals surface area contributed by atoms with Crippen molar-refractivity contribution in [1.29, 1.82) is 0 Å². The highest BCUT2D eigenvalue weighted by atomic mass is 35.5. The second kappa shape index (κ2) is 5.74. The number of hydrogen-bond acceptors (Lipinski definition) is 1. The van der Waals surface area contributed by atoms with Gasteiger partial charge in [-0.1, -0.05) is 50.0 Å². The van der Waals surface area contributed by atoms with Gasteiger partial charge in [-0.25, -0.2) is 0 Å². The number of benzene rings is 1. The van der Waals surface area contributed by atoms with E-state index in [4.69, 9.17) is 23.2 Å². The predicted molar refractivity (Wildman–Crippen MR) is 68.0 cm³/mol. The van der Waals surface area contributed by atoms with Crippen molar-refractivity contribution < 1.29 is 0 Å². The first-order chi connectivity index (χ1) is 7.00. The van der Waals surface area contributed by atoms with Gasteiger partial charge in [0.1, 0.15) is 0 Å². The molecule has 0 fully saturated rings. The SMILES string of the molecule is CC(C)NCC(C)c1ccc(Cl)c(Cl)c1. The van der Waals surface area contributed by atoms with Crippen LogP contribution >= 0.6 is 23.2 Å². The molecule has 0 aliphatic heterocycles. The van der Waals surface area contributed by atoms with E-state index in [1.54, 1.807) is 0 Å². The summed E-state index contributed by atoms with van der Waals surface area (Å²) in [5.41, 5.74) is 1.22. The van der Waals surface area contributed by atoms with Gasteiger partial charge in [-0.05, 0) is 23.6 Å². The van der Waals surface area contributed by atoms with Crippen LogP contribution in [0.3, 0.4) is 0 Å². The van der Waals surface area contributed by atoms with E-state index in [0.29, 0.717) is 22.0 Å². The van der Waals surface area contributed by atoms with Crippen molar-refractivity contribution in [1.82, 2.24) is 5.32 Å². The van der Waals surface area contributed by atoms with Crippen molar-refractivity contribution in [3.05, 3.63) is 33.8 Å². The van der Waals surface area contributed by atoms with E-state index in [9.17, 15) is 0 Å². The van der Waals surface area contributed by atoms with Gasteiger partial charge in [-0.15, -0.1) is 0 Å². The second-order valence-corrected chi connectivity index (χ2v) is 4.95. The quantitative estimate of drug-likeness (QED) is 0.843. The van der Waals surface area contributed by atoms with Crippen molar-refractivity contribution >= 4 is 23.2 Å². The Kier molecular flexibility index (Phi) is 4.91. The normalized spacial score (nSPS) is 13.2. The van der Waals surface area contributed by atoms with Crippen molar-refractivity contribution in [2.45, 2.75) is 32.7 Å². The molecule has 0 saturated heterocycles. The van der Waals surface area contributed by atoms with Crippen LogP contribution in [0.5, 0.6) is 0 Å². The Bertz CT molecular complexity index is 323. The molecule has 0 radical (unpaired) electrons. The van der Waals surface area contributed by atoms with Crippen molar-refractivity contribution in [3.63, 3.8) is 0 Å². The zero-order valence-electron chi connectivity index (χ0n) is 9.35. The lowest BCUT2D eigenvalue weighted by Crippen LogP contribution is -2.26. The van der Waals surface area contributed by atoms with Crippen LogP contribution in [-0.2, 0) is 0 Å². The number of rotatable bonds is 4. The zero-order chi connectivity index (χ0) is 11.4. The highest BCUT2D eigenvalue weighted by molar-refractivity contribution is 6.42. The first-order valence-corrected chi connectivity index (χ1v) is 5.94. The molecule has 1 nitrogen and oxygen atoms in total. The third kappa shape index (κ3) is 4.02. The molecule has 1 unspecified atom stereocenters. The summed E-state index contributed by atoms with van der Waals surface area (Å²) in [5, 5.41) is 4.65. The lowest BCUT2D eigenvalue weighted by Gasteiger charge is -2.15. The van der Waals surface area contributed by atoms with Crippen molar-refractivity contribution in [2.24, 2.45) is 0 Å². The Morgan fingerprint density at radius 3 is 2.33 bits per heavy atom. The van der Waals surface area contributed by atoms with Crippen LogP contribution in [0.25, 0.3) is 0 Å². The van der Waals surface area contributed by atoms with Gasteiger partial charge < -0.3 is 5.32 Å². The minimum Gasteiger partial charge on any atom is -0.314 e. The fourth-order valence-electron chi connectivity index (χ4n) is 1.35. The maximum Gasteiger partial charge on any atom is 0.0595 e. The summed E-state index contributed by atoms with van der Waals surface area (Å²) in [6, 6.07) is 6.33. The molecule has 1 aromatic carbocycles. The summed E-state index contributed by atoms with van der Waals surface area (Å²) in [7, 11) is 0. The summed E-state index contributed by atoms with van der Waals surface area (Å²) in [6.45, 7) is 7.41. The van der Waals surface area contributed by atoms with Crippen molar-refractivity contribution in [2.75, 3.05) is 6.54 Å². The first-order valence-electron chi connectivity index (χ1n) is 5.19. The highest BCUT2D eigenvalue weighted by Crippen LogP contribution is 2.26. The third-order valence-corrected chi connectivity index (χ3v) is 3.08. The molecule has 3 heteroatoms.